The fourth-order valence-corrected chi connectivity index (χ4v) is 9.08. The van der Waals surface area contributed by atoms with E-state index in [0.29, 0.717) is 19.3 Å². The van der Waals surface area contributed by atoms with Crippen molar-refractivity contribution in [3.63, 3.8) is 0 Å². The van der Waals surface area contributed by atoms with Crippen LogP contribution >= 0.6 is 0 Å². The highest BCUT2D eigenvalue weighted by molar-refractivity contribution is 5.71. The van der Waals surface area contributed by atoms with Crippen LogP contribution in [-0.4, -0.2) is 37.2 Å². The largest absolute Gasteiger partial charge is 0.462 e. The number of carbonyl (C=O) groups excluding carboxylic acids is 3. The van der Waals surface area contributed by atoms with E-state index in [1.807, 2.05) is 0 Å². The first-order valence-electron chi connectivity index (χ1n) is 31.3. The SMILES string of the molecule is CC/C=C\C/C=C\C/C=C\CCCCCCCC(=O)OC(COC(=O)CCCCCCC/C=C\C/C=C\CCCCC)COC(=O)CCCCCCCCCCCCCCCCCCCCCCCCCC. The Morgan fingerprint density at radius 2 is 0.542 bits per heavy atom. The zero-order valence-electron chi connectivity index (χ0n) is 47.9. The molecular weight excluding hydrogens is 889 g/mol. The Labute approximate surface area is 447 Å². The van der Waals surface area contributed by atoms with Gasteiger partial charge in [0.05, 0.1) is 0 Å². The van der Waals surface area contributed by atoms with Gasteiger partial charge in [-0.15, -0.1) is 0 Å². The fourth-order valence-electron chi connectivity index (χ4n) is 9.08. The topological polar surface area (TPSA) is 78.9 Å². The van der Waals surface area contributed by atoms with Crippen molar-refractivity contribution in [2.75, 3.05) is 13.2 Å². The number of hydrogen-bond donors (Lipinski definition) is 0. The highest BCUT2D eigenvalue weighted by Gasteiger charge is 2.19. The number of unbranched alkanes of at least 4 members (excludes halogenated alkanes) is 36. The molecule has 0 aromatic heterocycles. The van der Waals surface area contributed by atoms with Crippen LogP contribution in [0.5, 0.6) is 0 Å². The number of hydrogen-bond acceptors (Lipinski definition) is 6. The van der Waals surface area contributed by atoms with E-state index in [0.717, 1.165) is 116 Å². The first-order chi connectivity index (χ1) is 35.5. The molecule has 0 bridgehead atoms. The van der Waals surface area contributed by atoms with E-state index < -0.39 is 6.10 Å². The van der Waals surface area contributed by atoms with Gasteiger partial charge < -0.3 is 14.2 Å². The van der Waals surface area contributed by atoms with Gasteiger partial charge in [0, 0.05) is 19.3 Å². The Morgan fingerprint density at radius 3 is 0.875 bits per heavy atom. The molecular formula is C66H118O6. The van der Waals surface area contributed by atoms with Gasteiger partial charge in [0.1, 0.15) is 13.2 Å². The van der Waals surface area contributed by atoms with E-state index in [1.54, 1.807) is 0 Å². The van der Waals surface area contributed by atoms with Crippen molar-refractivity contribution in [1.82, 2.24) is 0 Å². The van der Waals surface area contributed by atoms with Crippen LogP contribution in [0.4, 0.5) is 0 Å². The maximum atomic E-state index is 12.9. The summed E-state index contributed by atoms with van der Waals surface area (Å²) in [6.07, 6.45) is 76.6. The van der Waals surface area contributed by atoms with Crippen LogP contribution in [0.25, 0.3) is 0 Å². The average molecular weight is 1010 g/mol. The zero-order chi connectivity index (χ0) is 52.2. The first kappa shape index (κ1) is 69.1. The molecule has 6 heteroatoms. The van der Waals surface area contributed by atoms with Gasteiger partial charge in [0.15, 0.2) is 6.10 Å². The van der Waals surface area contributed by atoms with Crippen molar-refractivity contribution < 1.29 is 28.6 Å². The Morgan fingerprint density at radius 1 is 0.292 bits per heavy atom. The predicted octanol–water partition coefficient (Wildman–Crippen LogP) is 21.2. The third-order valence-corrected chi connectivity index (χ3v) is 13.8. The van der Waals surface area contributed by atoms with Crippen molar-refractivity contribution in [2.45, 2.75) is 329 Å². The average Bonchev–Trinajstić information content (AvgIpc) is 3.38. The minimum atomic E-state index is -0.788. The van der Waals surface area contributed by atoms with Crippen LogP contribution in [0.15, 0.2) is 60.8 Å². The van der Waals surface area contributed by atoms with Crippen LogP contribution in [-0.2, 0) is 28.6 Å². The number of esters is 3. The van der Waals surface area contributed by atoms with Crippen LogP contribution in [0, 0.1) is 0 Å². The number of allylic oxidation sites excluding steroid dienone is 10. The summed E-state index contributed by atoms with van der Waals surface area (Å²) >= 11 is 0. The van der Waals surface area contributed by atoms with Crippen LogP contribution < -0.4 is 0 Å². The molecule has 0 heterocycles. The second-order valence-corrected chi connectivity index (χ2v) is 20.9. The normalized spacial score (nSPS) is 12.4. The molecule has 0 aliphatic heterocycles. The summed E-state index contributed by atoms with van der Waals surface area (Å²) in [5, 5.41) is 0. The Hall–Kier alpha value is -2.89. The number of ether oxygens (including phenoxy) is 3. The van der Waals surface area contributed by atoms with Crippen molar-refractivity contribution in [1.29, 1.82) is 0 Å². The van der Waals surface area contributed by atoms with Gasteiger partial charge in [-0.05, 0) is 83.5 Å². The fraction of sp³-hybridized carbons (Fsp3) is 0.803. The Kier molecular flexibility index (Phi) is 58.2. The van der Waals surface area contributed by atoms with Crippen LogP contribution in [0.1, 0.15) is 323 Å². The van der Waals surface area contributed by atoms with E-state index in [4.69, 9.17) is 14.2 Å². The van der Waals surface area contributed by atoms with Gasteiger partial charge in [-0.25, -0.2) is 0 Å². The lowest BCUT2D eigenvalue weighted by molar-refractivity contribution is -0.167. The number of rotatable bonds is 57. The second-order valence-electron chi connectivity index (χ2n) is 20.9. The second kappa shape index (κ2) is 60.7. The lowest BCUT2D eigenvalue weighted by Crippen LogP contribution is -2.30. The van der Waals surface area contributed by atoms with Crippen molar-refractivity contribution in [2.24, 2.45) is 0 Å². The molecule has 0 fully saturated rings. The standard InChI is InChI=1S/C66H118O6/c1-4-7-10-13-16-19-22-25-28-29-30-31-32-33-34-35-36-39-41-44-47-50-53-56-59-65(68)71-62-63(72-66(69)60-57-54-51-48-45-42-38-27-24-21-18-15-12-9-6-3)61-70-64(67)58-55-52-49-46-43-40-37-26-23-20-17-14-11-8-5-2/h9,12,17-18,20-21,26-27,37-38,63H,4-8,10-11,13-16,19,22-25,28-36,39-62H2,1-3H3/b12-9-,20-17-,21-18-,37-26-,38-27-. The summed E-state index contributed by atoms with van der Waals surface area (Å²) in [6, 6.07) is 0. The molecule has 72 heavy (non-hydrogen) atoms. The lowest BCUT2D eigenvalue weighted by atomic mass is 10.0. The minimum Gasteiger partial charge on any atom is -0.462 e. The summed E-state index contributed by atoms with van der Waals surface area (Å²) in [6.45, 7) is 6.52. The van der Waals surface area contributed by atoms with Gasteiger partial charge in [0.25, 0.3) is 0 Å². The summed E-state index contributed by atoms with van der Waals surface area (Å²) < 4.78 is 16.9. The van der Waals surface area contributed by atoms with Crippen molar-refractivity contribution in [3.05, 3.63) is 60.8 Å². The molecule has 418 valence electrons. The van der Waals surface area contributed by atoms with E-state index in [1.165, 1.54) is 167 Å². The molecule has 0 saturated heterocycles. The third-order valence-electron chi connectivity index (χ3n) is 13.8. The molecule has 0 aromatic rings. The zero-order valence-corrected chi connectivity index (χ0v) is 47.9. The summed E-state index contributed by atoms with van der Waals surface area (Å²) in [7, 11) is 0. The maximum Gasteiger partial charge on any atom is 0.306 e. The molecule has 0 aromatic carbocycles. The summed E-state index contributed by atoms with van der Waals surface area (Å²) in [4.78, 5) is 38.2. The lowest BCUT2D eigenvalue weighted by Gasteiger charge is -2.18. The predicted molar refractivity (Wildman–Crippen MR) is 312 cm³/mol. The smallest absolute Gasteiger partial charge is 0.306 e. The van der Waals surface area contributed by atoms with Crippen LogP contribution in [0.3, 0.4) is 0 Å². The molecule has 6 nitrogen and oxygen atoms in total. The molecule has 0 rings (SSSR count). The highest BCUT2D eigenvalue weighted by atomic mass is 16.6. The molecule has 0 saturated carbocycles. The molecule has 0 amide bonds. The molecule has 0 spiro atoms. The highest BCUT2D eigenvalue weighted by Crippen LogP contribution is 2.17. The molecule has 0 N–H and O–H groups in total. The van der Waals surface area contributed by atoms with Gasteiger partial charge in [-0.2, -0.15) is 0 Å². The molecule has 1 atom stereocenters. The summed E-state index contributed by atoms with van der Waals surface area (Å²) in [5.41, 5.74) is 0. The molecule has 0 aliphatic carbocycles. The van der Waals surface area contributed by atoms with E-state index in [-0.39, 0.29) is 31.1 Å². The Balaban J connectivity index is 4.29. The first-order valence-corrected chi connectivity index (χ1v) is 31.3. The van der Waals surface area contributed by atoms with Crippen molar-refractivity contribution >= 4 is 17.9 Å². The molecule has 1 unspecified atom stereocenters. The maximum absolute atomic E-state index is 12.9. The summed E-state index contributed by atoms with van der Waals surface area (Å²) in [5.74, 6) is -0.899. The Bertz CT molecular complexity index is 1290. The van der Waals surface area contributed by atoms with Crippen molar-refractivity contribution in [3.8, 4) is 0 Å². The quantitative estimate of drug-likeness (QED) is 0.0261. The van der Waals surface area contributed by atoms with Crippen LogP contribution in [0.2, 0.25) is 0 Å². The van der Waals surface area contributed by atoms with Gasteiger partial charge >= 0.3 is 17.9 Å². The molecule has 0 radical (unpaired) electrons. The van der Waals surface area contributed by atoms with E-state index in [2.05, 4.69) is 81.5 Å². The van der Waals surface area contributed by atoms with E-state index in [9.17, 15) is 14.4 Å². The van der Waals surface area contributed by atoms with Gasteiger partial charge in [-0.3, -0.25) is 14.4 Å². The minimum absolute atomic E-state index is 0.0832. The van der Waals surface area contributed by atoms with Gasteiger partial charge in [-0.1, -0.05) is 281 Å². The molecule has 0 aliphatic rings. The monoisotopic (exact) mass is 1010 g/mol. The third kappa shape index (κ3) is 58.0. The number of carbonyl (C=O) groups is 3. The van der Waals surface area contributed by atoms with Gasteiger partial charge in [0.2, 0.25) is 0 Å². The van der Waals surface area contributed by atoms with E-state index >= 15 is 0 Å².